The van der Waals surface area contributed by atoms with Crippen molar-refractivity contribution in [2.75, 3.05) is 5.73 Å². The van der Waals surface area contributed by atoms with E-state index in [1.54, 1.807) is 12.3 Å². The van der Waals surface area contributed by atoms with Gasteiger partial charge in [-0.2, -0.15) is 0 Å². The first kappa shape index (κ1) is 10.1. The van der Waals surface area contributed by atoms with Crippen molar-refractivity contribution in [2.24, 2.45) is 0 Å². The fraction of sp³-hybridized carbons (Fsp3) is 0. The van der Waals surface area contributed by atoms with Gasteiger partial charge in [0.2, 0.25) is 0 Å². The van der Waals surface area contributed by atoms with Gasteiger partial charge in [-0.25, -0.2) is 9.97 Å². The van der Waals surface area contributed by atoms with Crippen molar-refractivity contribution < 1.29 is 0 Å². The van der Waals surface area contributed by atoms with Crippen LogP contribution in [0.3, 0.4) is 0 Å². The Labute approximate surface area is 102 Å². The highest BCUT2D eigenvalue weighted by atomic mass is 35.5. The van der Waals surface area contributed by atoms with E-state index in [2.05, 4.69) is 15.0 Å². The second-order valence-electron chi connectivity index (χ2n) is 3.69. The Morgan fingerprint density at radius 2 is 1.88 bits per heavy atom. The summed E-state index contributed by atoms with van der Waals surface area (Å²) in [6.07, 6.45) is 1.64. The topological polar surface area (TPSA) is 67.6 Å². The second kappa shape index (κ2) is 3.75. The number of nitrogens with two attached hydrogens (primary N) is 1. The third-order valence-electron chi connectivity index (χ3n) is 2.54. The number of nitrogen functional groups attached to an aromatic ring is 1. The number of fused-ring (bicyclic) bond motifs is 1. The minimum absolute atomic E-state index is 0.620. The molecular weight excluding hydrogens is 236 g/mol. The number of hydrogen-bond acceptors (Lipinski definition) is 3. The lowest BCUT2D eigenvalue weighted by Gasteiger charge is -1.95. The van der Waals surface area contributed by atoms with Crippen LogP contribution in [0.1, 0.15) is 0 Å². The van der Waals surface area contributed by atoms with Crippen LogP contribution in [-0.2, 0) is 0 Å². The number of aromatic nitrogens is 3. The Morgan fingerprint density at radius 3 is 2.59 bits per heavy atom. The first-order chi connectivity index (χ1) is 8.24. The van der Waals surface area contributed by atoms with Crippen molar-refractivity contribution in [3.05, 3.63) is 41.6 Å². The fourth-order valence-corrected chi connectivity index (χ4v) is 1.80. The number of aromatic amines is 1. The molecule has 1 aromatic carbocycles. The minimum Gasteiger partial charge on any atom is -0.397 e. The smallest absolute Gasteiger partial charge is 0.180 e. The third kappa shape index (κ3) is 1.72. The van der Waals surface area contributed by atoms with Gasteiger partial charge >= 0.3 is 0 Å². The number of rotatable bonds is 1. The Bertz CT molecular complexity index is 673. The molecule has 0 bridgehead atoms. The summed E-state index contributed by atoms with van der Waals surface area (Å²) < 4.78 is 0. The lowest BCUT2D eigenvalue weighted by molar-refractivity contribution is 1.30. The monoisotopic (exact) mass is 244 g/mol. The second-order valence-corrected chi connectivity index (χ2v) is 4.13. The molecule has 2 aromatic heterocycles. The van der Waals surface area contributed by atoms with Gasteiger partial charge < -0.3 is 10.7 Å². The lowest BCUT2D eigenvalue weighted by Crippen LogP contribution is -1.86. The molecule has 0 fully saturated rings. The van der Waals surface area contributed by atoms with Crippen LogP contribution in [0.2, 0.25) is 5.02 Å². The predicted molar refractivity (Wildman–Crippen MR) is 68.7 cm³/mol. The fourth-order valence-electron chi connectivity index (χ4n) is 1.67. The molecule has 3 rings (SSSR count). The first-order valence-electron chi connectivity index (χ1n) is 5.10. The molecular formula is C12H9ClN4. The molecule has 0 aliphatic heterocycles. The van der Waals surface area contributed by atoms with Crippen molar-refractivity contribution in [1.82, 2.24) is 15.0 Å². The van der Waals surface area contributed by atoms with E-state index in [0.717, 1.165) is 16.9 Å². The number of anilines is 1. The number of H-pyrrole nitrogens is 1. The van der Waals surface area contributed by atoms with Crippen molar-refractivity contribution in [1.29, 1.82) is 0 Å². The van der Waals surface area contributed by atoms with Crippen LogP contribution in [0.4, 0.5) is 5.69 Å². The van der Waals surface area contributed by atoms with Gasteiger partial charge in [0.1, 0.15) is 11.3 Å². The van der Waals surface area contributed by atoms with E-state index >= 15 is 0 Å². The number of imidazole rings is 1. The summed E-state index contributed by atoms with van der Waals surface area (Å²) in [6.45, 7) is 0. The molecule has 3 aromatic rings. The number of benzene rings is 1. The van der Waals surface area contributed by atoms with Gasteiger partial charge in [0.05, 0.1) is 5.69 Å². The highest BCUT2D eigenvalue weighted by Crippen LogP contribution is 2.23. The lowest BCUT2D eigenvalue weighted by atomic mass is 10.2. The van der Waals surface area contributed by atoms with Gasteiger partial charge in [-0.1, -0.05) is 11.6 Å². The van der Waals surface area contributed by atoms with Gasteiger partial charge in [0.25, 0.3) is 0 Å². The zero-order chi connectivity index (χ0) is 11.8. The van der Waals surface area contributed by atoms with Gasteiger partial charge in [-0.3, -0.25) is 0 Å². The quantitative estimate of drug-likeness (QED) is 0.692. The highest BCUT2D eigenvalue weighted by molar-refractivity contribution is 6.30. The predicted octanol–water partition coefficient (Wildman–Crippen LogP) is 2.86. The Morgan fingerprint density at radius 1 is 1.12 bits per heavy atom. The average molecular weight is 245 g/mol. The standard InChI is InChI=1S/C12H9ClN4/c13-8-3-1-7(2-4-8)11-16-10-9(14)5-6-15-12(10)17-11/h1-6H,(H3,14,15,16,17). The summed E-state index contributed by atoms with van der Waals surface area (Å²) in [7, 11) is 0. The molecule has 0 spiro atoms. The zero-order valence-corrected chi connectivity index (χ0v) is 9.57. The Balaban J connectivity index is 2.18. The molecule has 0 saturated heterocycles. The zero-order valence-electron chi connectivity index (χ0n) is 8.81. The molecule has 0 unspecified atom stereocenters. The number of halogens is 1. The summed E-state index contributed by atoms with van der Waals surface area (Å²) in [5, 5.41) is 0.697. The highest BCUT2D eigenvalue weighted by Gasteiger charge is 2.07. The maximum Gasteiger partial charge on any atom is 0.180 e. The molecule has 17 heavy (non-hydrogen) atoms. The van der Waals surface area contributed by atoms with E-state index in [1.807, 2.05) is 24.3 Å². The Hall–Kier alpha value is -2.07. The third-order valence-corrected chi connectivity index (χ3v) is 2.79. The molecule has 0 atom stereocenters. The molecule has 0 radical (unpaired) electrons. The molecule has 0 aliphatic rings. The van der Waals surface area contributed by atoms with Crippen LogP contribution < -0.4 is 5.73 Å². The summed E-state index contributed by atoms with van der Waals surface area (Å²) in [6, 6.07) is 9.18. The summed E-state index contributed by atoms with van der Waals surface area (Å²) in [5.41, 5.74) is 8.81. The van der Waals surface area contributed by atoms with Crippen molar-refractivity contribution in [3.63, 3.8) is 0 Å². The van der Waals surface area contributed by atoms with Crippen LogP contribution in [0.15, 0.2) is 36.5 Å². The van der Waals surface area contributed by atoms with Gasteiger partial charge in [0, 0.05) is 16.8 Å². The van der Waals surface area contributed by atoms with Crippen LogP contribution >= 0.6 is 11.6 Å². The van der Waals surface area contributed by atoms with Crippen LogP contribution in [-0.4, -0.2) is 15.0 Å². The van der Waals surface area contributed by atoms with Crippen LogP contribution in [0.25, 0.3) is 22.6 Å². The van der Waals surface area contributed by atoms with Gasteiger partial charge in [-0.05, 0) is 30.3 Å². The molecule has 3 N–H and O–H groups in total. The Kier molecular flexibility index (Phi) is 2.23. The summed E-state index contributed by atoms with van der Waals surface area (Å²) >= 11 is 5.84. The molecule has 84 valence electrons. The van der Waals surface area contributed by atoms with Crippen molar-refractivity contribution >= 4 is 28.5 Å². The van der Waals surface area contributed by atoms with E-state index < -0.39 is 0 Å². The normalized spacial score (nSPS) is 10.9. The summed E-state index contributed by atoms with van der Waals surface area (Å²) in [5.74, 6) is 0.738. The summed E-state index contributed by atoms with van der Waals surface area (Å²) in [4.78, 5) is 11.7. The number of hydrogen-bond donors (Lipinski definition) is 2. The van der Waals surface area contributed by atoms with E-state index in [4.69, 9.17) is 17.3 Å². The number of pyridine rings is 1. The molecule has 2 heterocycles. The van der Waals surface area contributed by atoms with E-state index in [-0.39, 0.29) is 0 Å². The maximum atomic E-state index is 5.84. The number of nitrogens with zero attached hydrogens (tertiary/aromatic N) is 2. The minimum atomic E-state index is 0.620. The average Bonchev–Trinajstić information content (AvgIpc) is 2.75. The molecule has 0 saturated carbocycles. The molecule has 5 heteroatoms. The first-order valence-corrected chi connectivity index (χ1v) is 5.48. The molecule has 0 amide bonds. The van der Waals surface area contributed by atoms with Gasteiger partial charge in [-0.15, -0.1) is 0 Å². The number of nitrogens with one attached hydrogen (secondary N) is 1. The van der Waals surface area contributed by atoms with Crippen molar-refractivity contribution in [3.8, 4) is 11.4 Å². The van der Waals surface area contributed by atoms with Crippen LogP contribution in [0, 0.1) is 0 Å². The van der Waals surface area contributed by atoms with Gasteiger partial charge in [0.15, 0.2) is 5.65 Å². The van der Waals surface area contributed by atoms with Crippen molar-refractivity contribution in [2.45, 2.75) is 0 Å². The van der Waals surface area contributed by atoms with E-state index in [1.165, 1.54) is 0 Å². The maximum absolute atomic E-state index is 5.84. The molecule has 0 aliphatic carbocycles. The van der Waals surface area contributed by atoms with E-state index in [0.29, 0.717) is 16.4 Å². The van der Waals surface area contributed by atoms with Crippen LogP contribution in [0.5, 0.6) is 0 Å². The largest absolute Gasteiger partial charge is 0.397 e. The molecule has 4 nitrogen and oxygen atoms in total. The SMILES string of the molecule is Nc1ccnc2nc(-c3ccc(Cl)cc3)[nH]c12. The van der Waals surface area contributed by atoms with E-state index in [9.17, 15) is 0 Å².